The van der Waals surface area contributed by atoms with E-state index in [1.165, 1.54) is 6.26 Å². The molecule has 4 heteroatoms. The molecule has 2 rings (SSSR count). The average molecular weight is 194 g/mol. The molecule has 2 aliphatic rings. The van der Waals surface area contributed by atoms with Crippen molar-refractivity contribution in [1.29, 1.82) is 0 Å². The first-order chi connectivity index (χ1) is 6.74. The molecule has 14 heavy (non-hydrogen) atoms. The number of carbonyl (C=O) groups is 1. The largest absolute Gasteiger partial charge is 0.471 e. The number of hydrogen-bond acceptors (Lipinski definition) is 4. The van der Waals surface area contributed by atoms with Gasteiger partial charge in [-0.1, -0.05) is 6.08 Å². The normalized spacial score (nSPS) is 30.5. The van der Waals surface area contributed by atoms with Crippen molar-refractivity contribution in [3.05, 3.63) is 36.1 Å². The third-order valence-electron chi connectivity index (χ3n) is 2.29. The molecule has 2 aliphatic heterocycles. The summed E-state index contributed by atoms with van der Waals surface area (Å²) in [7, 11) is 0. The minimum atomic E-state index is -0.964. The quantitative estimate of drug-likeness (QED) is 0.488. The lowest BCUT2D eigenvalue weighted by atomic mass is 9.89. The number of esters is 1. The number of cyclic esters (lactones) is 1. The number of fused-ring (bicyclic) bond motifs is 1. The van der Waals surface area contributed by atoms with Crippen LogP contribution in [0, 0.1) is 5.92 Å². The molecule has 0 aromatic rings. The van der Waals surface area contributed by atoms with E-state index in [0.29, 0.717) is 5.57 Å². The van der Waals surface area contributed by atoms with E-state index in [-0.39, 0.29) is 12.5 Å². The molecule has 0 aromatic heterocycles. The van der Waals surface area contributed by atoms with Crippen LogP contribution in [0.25, 0.3) is 0 Å². The second-order valence-electron chi connectivity index (χ2n) is 3.08. The lowest BCUT2D eigenvalue weighted by Crippen LogP contribution is -2.31. The predicted molar refractivity (Wildman–Crippen MR) is 47.9 cm³/mol. The molecule has 0 saturated carbocycles. The van der Waals surface area contributed by atoms with Gasteiger partial charge in [0.1, 0.15) is 12.9 Å². The molecule has 0 bridgehead atoms. The molecule has 0 spiro atoms. The zero-order valence-electron chi connectivity index (χ0n) is 7.47. The van der Waals surface area contributed by atoms with Crippen LogP contribution >= 0.6 is 0 Å². The van der Waals surface area contributed by atoms with Gasteiger partial charge in [-0.3, -0.25) is 0 Å². The molecule has 0 aliphatic carbocycles. The van der Waals surface area contributed by atoms with Crippen LogP contribution in [0.1, 0.15) is 0 Å². The molecule has 4 nitrogen and oxygen atoms in total. The smallest absolute Gasteiger partial charge is 0.341 e. The third-order valence-corrected chi connectivity index (χ3v) is 2.29. The number of ether oxygens (including phenoxy) is 2. The van der Waals surface area contributed by atoms with Gasteiger partial charge < -0.3 is 14.6 Å². The average Bonchev–Trinajstić information content (AvgIpc) is 2.18. The molecular weight excluding hydrogens is 184 g/mol. The minimum absolute atomic E-state index is 0.239. The van der Waals surface area contributed by atoms with Crippen LogP contribution in [0.5, 0.6) is 0 Å². The Kier molecular flexibility index (Phi) is 2.13. The van der Waals surface area contributed by atoms with Gasteiger partial charge >= 0.3 is 5.97 Å². The van der Waals surface area contributed by atoms with E-state index in [4.69, 9.17) is 9.47 Å². The monoisotopic (exact) mass is 194 g/mol. The molecule has 74 valence electrons. The molecule has 0 radical (unpaired) electrons. The Bertz CT molecular complexity index is 340. The Hall–Kier alpha value is -1.55. The Morgan fingerprint density at radius 3 is 3.14 bits per heavy atom. The highest BCUT2D eigenvalue weighted by Gasteiger charge is 2.33. The van der Waals surface area contributed by atoms with Gasteiger partial charge in [0, 0.05) is 0 Å². The summed E-state index contributed by atoms with van der Waals surface area (Å²) in [6.07, 6.45) is 3.58. The van der Waals surface area contributed by atoms with Crippen LogP contribution in [-0.4, -0.2) is 24.0 Å². The molecule has 0 saturated heterocycles. The van der Waals surface area contributed by atoms with Crippen molar-refractivity contribution in [2.24, 2.45) is 5.92 Å². The maximum Gasteiger partial charge on any atom is 0.341 e. The van der Waals surface area contributed by atoms with E-state index in [9.17, 15) is 9.90 Å². The summed E-state index contributed by atoms with van der Waals surface area (Å²) in [6, 6.07) is 0. The van der Waals surface area contributed by atoms with Gasteiger partial charge in [0.25, 0.3) is 0 Å². The van der Waals surface area contributed by atoms with Gasteiger partial charge in [-0.05, 0) is 11.6 Å². The Balaban J connectivity index is 2.41. The number of aliphatic hydroxyl groups is 1. The molecule has 0 amide bonds. The van der Waals surface area contributed by atoms with Gasteiger partial charge in [-0.2, -0.15) is 0 Å². The van der Waals surface area contributed by atoms with Crippen molar-refractivity contribution < 1.29 is 19.4 Å². The summed E-state index contributed by atoms with van der Waals surface area (Å²) in [6.45, 7) is 3.83. The van der Waals surface area contributed by atoms with Crippen LogP contribution < -0.4 is 0 Å². The molecule has 1 N–H and O–H groups in total. The standard InChI is InChI=1S/C10H10O4/c1-2-6-7-3-4-13-10(12)8(7)5-14-9(6)11/h2-3,5-6,9,11H,1,4H2/t6-,9-/m1/s1. The first-order valence-corrected chi connectivity index (χ1v) is 4.28. The lowest BCUT2D eigenvalue weighted by molar-refractivity contribution is -0.140. The molecule has 0 unspecified atom stereocenters. The molecule has 0 aromatic carbocycles. The van der Waals surface area contributed by atoms with E-state index in [0.717, 1.165) is 5.57 Å². The zero-order chi connectivity index (χ0) is 10.1. The van der Waals surface area contributed by atoms with E-state index in [1.807, 2.05) is 0 Å². The van der Waals surface area contributed by atoms with Crippen molar-refractivity contribution in [2.75, 3.05) is 6.61 Å². The summed E-state index contributed by atoms with van der Waals surface area (Å²) in [5.74, 6) is -0.774. The van der Waals surface area contributed by atoms with Gasteiger partial charge in [0.2, 0.25) is 6.29 Å². The predicted octanol–water partition coefficient (Wildman–Crippen LogP) is 0.504. The fraction of sp³-hybridized carbons (Fsp3) is 0.300. The van der Waals surface area contributed by atoms with Crippen molar-refractivity contribution in [1.82, 2.24) is 0 Å². The van der Waals surface area contributed by atoms with E-state index in [1.54, 1.807) is 12.2 Å². The van der Waals surface area contributed by atoms with Crippen molar-refractivity contribution in [3.63, 3.8) is 0 Å². The van der Waals surface area contributed by atoms with E-state index in [2.05, 4.69) is 6.58 Å². The molecule has 2 atom stereocenters. The second-order valence-corrected chi connectivity index (χ2v) is 3.08. The zero-order valence-corrected chi connectivity index (χ0v) is 7.47. The Morgan fingerprint density at radius 1 is 1.64 bits per heavy atom. The summed E-state index contributed by atoms with van der Waals surface area (Å²) in [5.41, 5.74) is 1.10. The number of hydrogen-bond donors (Lipinski definition) is 1. The number of rotatable bonds is 1. The summed E-state index contributed by atoms with van der Waals surface area (Å²) in [5, 5.41) is 9.46. The Morgan fingerprint density at radius 2 is 2.43 bits per heavy atom. The van der Waals surface area contributed by atoms with Crippen LogP contribution in [0.4, 0.5) is 0 Å². The summed E-state index contributed by atoms with van der Waals surface area (Å²) < 4.78 is 9.70. The highest BCUT2D eigenvalue weighted by Crippen LogP contribution is 2.32. The van der Waals surface area contributed by atoms with Gasteiger partial charge in [0.05, 0.1) is 11.5 Å². The first-order valence-electron chi connectivity index (χ1n) is 4.28. The van der Waals surface area contributed by atoms with Crippen LogP contribution in [0.2, 0.25) is 0 Å². The molecular formula is C10H10O4. The minimum Gasteiger partial charge on any atom is -0.471 e. The van der Waals surface area contributed by atoms with E-state index >= 15 is 0 Å². The van der Waals surface area contributed by atoms with Gasteiger partial charge in [-0.15, -0.1) is 6.58 Å². The first kappa shape index (κ1) is 9.02. The van der Waals surface area contributed by atoms with Crippen molar-refractivity contribution in [2.45, 2.75) is 6.29 Å². The van der Waals surface area contributed by atoms with Crippen molar-refractivity contribution in [3.8, 4) is 0 Å². The summed E-state index contributed by atoms with van der Waals surface area (Å²) in [4.78, 5) is 11.3. The fourth-order valence-corrected chi connectivity index (χ4v) is 1.56. The van der Waals surface area contributed by atoms with Crippen LogP contribution in [0.3, 0.4) is 0 Å². The van der Waals surface area contributed by atoms with Crippen molar-refractivity contribution >= 4 is 5.97 Å². The van der Waals surface area contributed by atoms with Gasteiger partial charge in [-0.25, -0.2) is 4.79 Å². The molecule has 0 fully saturated rings. The number of carbonyl (C=O) groups excluding carboxylic acids is 1. The number of aliphatic hydroxyl groups excluding tert-OH is 1. The SMILES string of the molecule is C=C[C@@H]1C2=CCOC(=O)C2=CO[C@H]1O. The van der Waals surface area contributed by atoms with Gasteiger partial charge in [0.15, 0.2) is 0 Å². The van der Waals surface area contributed by atoms with Crippen LogP contribution in [-0.2, 0) is 14.3 Å². The maximum absolute atomic E-state index is 11.3. The summed E-state index contributed by atoms with van der Waals surface area (Å²) >= 11 is 0. The highest BCUT2D eigenvalue weighted by molar-refractivity contribution is 5.94. The van der Waals surface area contributed by atoms with E-state index < -0.39 is 12.3 Å². The topological polar surface area (TPSA) is 55.8 Å². The highest BCUT2D eigenvalue weighted by atomic mass is 16.6. The Labute approximate surface area is 81.1 Å². The third kappa shape index (κ3) is 1.24. The maximum atomic E-state index is 11.3. The lowest BCUT2D eigenvalue weighted by Gasteiger charge is -2.29. The second kappa shape index (κ2) is 3.31. The molecule has 2 heterocycles. The van der Waals surface area contributed by atoms with Crippen LogP contribution in [0.15, 0.2) is 36.1 Å². The fourth-order valence-electron chi connectivity index (χ4n) is 1.56.